The molecule has 0 saturated carbocycles. The summed E-state index contributed by atoms with van der Waals surface area (Å²) in [7, 11) is 1.61. The number of carbonyl (C=O) groups is 2. The van der Waals surface area contributed by atoms with E-state index in [1.54, 1.807) is 7.11 Å². The van der Waals surface area contributed by atoms with Crippen LogP contribution >= 0.6 is 0 Å². The van der Waals surface area contributed by atoms with Crippen molar-refractivity contribution in [3.8, 4) is 5.75 Å². The summed E-state index contributed by atoms with van der Waals surface area (Å²) in [6, 6.07) is 3.70. The monoisotopic (exact) mass is 235 g/mol. The van der Waals surface area contributed by atoms with Crippen LogP contribution in [-0.2, 0) is 9.59 Å². The van der Waals surface area contributed by atoms with E-state index in [1.807, 2.05) is 26.0 Å². The number of hydrogen-bond acceptors (Lipinski definition) is 3. The lowest BCUT2D eigenvalue weighted by molar-refractivity contribution is -0.124. The largest absolute Gasteiger partial charge is 0.496 e. The number of hydrogen-bond donors (Lipinski definition) is 1. The Kier molecular flexibility index (Phi) is 4.26. The molecular formula is C13H17NO3. The number of nitrogens with one attached hydrogen (secondary N) is 1. The Balaban J connectivity index is 2.88. The summed E-state index contributed by atoms with van der Waals surface area (Å²) in [5, 5.41) is 2.72. The van der Waals surface area contributed by atoms with E-state index in [-0.39, 0.29) is 18.1 Å². The minimum absolute atomic E-state index is 0.0927. The van der Waals surface area contributed by atoms with Crippen molar-refractivity contribution in [2.45, 2.75) is 27.2 Å². The molecule has 4 heteroatoms. The molecule has 0 spiro atoms. The van der Waals surface area contributed by atoms with Crippen LogP contribution in [0.1, 0.15) is 24.5 Å². The average molecular weight is 235 g/mol. The third-order valence-corrected chi connectivity index (χ3v) is 2.43. The number of carbonyl (C=O) groups excluding carboxylic acids is 2. The van der Waals surface area contributed by atoms with Crippen molar-refractivity contribution in [2.75, 3.05) is 12.4 Å². The maximum Gasteiger partial charge on any atom is 0.231 e. The van der Waals surface area contributed by atoms with E-state index in [2.05, 4.69) is 5.32 Å². The number of rotatable bonds is 4. The van der Waals surface area contributed by atoms with Crippen molar-refractivity contribution >= 4 is 17.4 Å². The Morgan fingerprint density at radius 3 is 2.41 bits per heavy atom. The fourth-order valence-corrected chi connectivity index (χ4v) is 1.56. The molecule has 1 aromatic rings. The first kappa shape index (κ1) is 13.2. The predicted molar refractivity (Wildman–Crippen MR) is 66.4 cm³/mol. The number of amides is 1. The van der Waals surface area contributed by atoms with Gasteiger partial charge in [-0.2, -0.15) is 0 Å². The molecule has 0 bridgehead atoms. The SMILES string of the molecule is COc1cc(C)c(NC(=O)CC(C)=O)cc1C. The number of ether oxygens (including phenoxy) is 1. The summed E-state index contributed by atoms with van der Waals surface area (Å²) in [5.41, 5.74) is 2.56. The van der Waals surface area contributed by atoms with E-state index in [4.69, 9.17) is 4.74 Å². The number of benzene rings is 1. The molecule has 0 aliphatic carbocycles. The Labute approximate surface area is 101 Å². The van der Waals surface area contributed by atoms with Gasteiger partial charge in [0.05, 0.1) is 13.5 Å². The molecule has 92 valence electrons. The molecule has 0 atom stereocenters. The molecule has 0 unspecified atom stereocenters. The second-order valence-electron chi connectivity index (χ2n) is 4.06. The lowest BCUT2D eigenvalue weighted by Crippen LogP contribution is -2.15. The highest BCUT2D eigenvalue weighted by Crippen LogP contribution is 2.25. The standard InChI is InChI=1S/C13H17NO3/c1-8-6-12(17-4)9(2)5-11(8)14-13(16)7-10(3)15/h5-6H,7H2,1-4H3,(H,14,16). The fourth-order valence-electron chi connectivity index (χ4n) is 1.56. The Hall–Kier alpha value is -1.84. The highest BCUT2D eigenvalue weighted by molar-refractivity contribution is 6.03. The molecule has 1 N–H and O–H groups in total. The fraction of sp³-hybridized carbons (Fsp3) is 0.385. The number of anilines is 1. The summed E-state index contributed by atoms with van der Waals surface area (Å²) in [6.45, 7) is 5.18. The Morgan fingerprint density at radius 1 is 1.24 bits per heavy atom. The number of methoxy groups -OCH3 is 1. The third-order valence-electron chi connectivity index (χ3n) is 2.43. The minimum Gasteiger partial charge on any atom is -0.496 e. The van der Waals surface area contributed by atoms with E-state index in [0.29, 0.717) is 0 Å². The first-order valence-corrected chi connectivity index (χ1v) is 5.38. The smallest absolute Gasteiger partial charge is 0.231 e. The second-order valence-corrected chi connectivity index (χ2v) is 4.06. The van der Waals surface area contributed by atoms with Crippen molar-refractivity contribution in [1.82, 2.24) is 0 Å². The maximum absolute atomic E-state index is 11.5. The lowest BCUT2D eigenvalue weighted by atomic mass is 10.1. The lowest BCUT2D eigenvalue weighted by Gasteiger charge is -2.12. The maximum atomic E-state index is 11.5. The van der Waals surface area contributed by atoms with Crippen LogP contribution in [0.4, 0.5) is 5.69 Å². The van der Waals surface area contributed by atoms with Gasteiger partial charge in [0.15, 0.2) is 0 Å². The van der Waals surface area contributed by atoms with E-state index < -0.39 is 0 Å². The topological polar surface area (TPSA) is 55.4 Å². The second kappa shape index (κ2) is 5.48. The van der Waals surface area contributed by atoms with Crippen LogP contribution in [0.15, 0.2) is 12.1 Å². The first-order valence-electron chi connectivity index (χ1n) is 5.38. The minimum atomic E-state index is -0.287. The molecule has 0 fully saturated rings. The van der Waals surface area contributed by atoms with Gasteiger partial charge in [0.2, 0.25) is 5.91 Å². The number of aryl methyl sites for hydroxylation is 2. The van der Waals surface area contributed by atoms with Crippen LogP contribution in [0, 0.1) is 13.8 Å². The van der Waals surface area contributed by atoms with Gasteiger partial charge in [-0.3, -0.25) is 9.59 Å². The summed E-state index contributed by atoms with van der Waals surface area (Å²) in [4.78, 5) is 22.3. The Morgan fingerprint density at radius 2 is 1.88 bits per heavy atom. The summed E-state index contributed by atoms with van der Waals surface area (Å²) in [5.74, 6) is 0.350. The zero-order valence-electron chi connectivity index (χ0n) is 10.6. The van der Waals surface area contributed by atoms with Gasteiger partial charge in [0, 0.05) is 5.69 Å². The summed E-state index contributed by atoms with van der Waals surface area (Å²) in [6.07, 6.45) is -0.0927. The van der Waals surface area contributed by atoms with Gasteiger partial charge < -0.3 is 10.1 Å². The molecule has 0 heterocycles. The van der Waals surface area contributed by atoms with E-state index in [0.717, 1.165) is 22.6 Å². The molecule has 0 saturated heterocycles. The summed E-state index contributed by atoms with van der Waals surface area (Å²) >= 11 is 0. The van der Waals surface area contributed by atoms with E-state index in [9.17, 15) is 9.59 Å². The van der Waals surface area contributed by atoms with Crippen molar-refractivity contribution in [1.29, 1.82) is 0 Å². The van der Waals surface area contributed by atoms with Crippen LogP contribution in [0.5, 0.6) is 5.75 Å². The molecule has 4 nitrogen and oxygen atoms in total. The molecule has 1 rings (SSSR count). The van der Waals surface area contributed by atoms with Gasteiger partial charge in [0.1, 0.15) is 11.5 Å². The molecule has 0 radical (unpaired) electrons. The van der Waals surface area contributed by atoms with Crippen LogP contribution in [-0.4, -0.2) is 18.8 Å². The third kappa shape index (κ3) is 3.59. The zero-order chi connectivity index (χ0) is 13.0. The highest BCUT2D eigenvalue weighted by Gasteiger charge is 2.09. The van der Waals surface area contributed by atoms with Gasteiger partial charge in [-0.15, -0.1) is 0 Å². The molecule has 0 aliphatic rings. The van der Waals surface area contributed by atoms with Crippen molar-refractivity contribution in [2.24, 2.45) is 0 Å². The van der Waals surface area contributed by atoms with Gasteiger partial charge >= 0.3 is 0 Å². The molecule has 0 aromatic heterocycles. The van der Waals surface area contributed by atoms with Gasteiger partial charge in [-0.25, -0.2) is 0 Å². The van der Waals surface area contributed by atoms with Crippen molar-refractivity contribution in [3.05, 3.63) is 23.3 Å². The van der Waals surface area contributed by atoms with Crippen LogP contribution in [0.2, 0.25) is 0 Å². The normalized spacial score (nSPS) is 9.88. The quantitative estimate of drug-likeness (QED) is 0.814. The summed E-state index contributed by atoms with van der Waals surface area (Å²) < 4.78 is 5.18. The van der Waals surface area contributed by atoms with Crippen molar-refractivity contribution in [3.63, 3.8) is 0 Å². The average Bonchev–Trinajstić information content (AvgIpc) is 2.21. The predicted octanol–water partition coefficient (Wildman–Crippen LogP) is 2.23. The Bertz CT molecular complexity index is 452. The van der Waals surface area contributed by atoms with E-state index >= 15 is 0 Å². The van der Waals surface area contributed by atoms with Gasteiger partial charge in [0.25, 0.3) is 0 Å². The number of Topliss-reactive ketones (excluding diaryl/α,β-unsaturated/α-hetero) is 1. The molecular weight excluding hydrogens is 218 g/mol. The number of ketones is 1. The molecule has 17 heavy (non-hydrogen) atoms. The van der Waals surface area contributed by atoms with Crippen molar-refractivity contribution < 1.29 is 14.3 Å². The first-order chi connectivity index (χ1) is 7.93. The molecule has 0 aliphatic heterocycles. The van der Waals surface area contributed by atoms with Crippen LogP contribution in [0.25, 0.3) is 0 Å². The van der Waals surface area contributed by atoms with Crippen LogP contribution < -0.4 is 10.1 Å². The van der Waals surface area contributed by atoms with Gasteiger partial charge in [-0.05, 0) is 44.0 Å². The van der Waals surface area contributed by atoms with Gasteiger partial charge in [-0.1, -0.05) is 0 Å². The zero-order valence-corrected chi connectivity index (χ0v) is 10.6. The van der Waals surface area contributed by atoms with E-state index in [1.165, 1.54) is 6.92 Å². The molecule has 1 aromatic carbocycles. The van der Waals surface area contributed by atoms with Crippen LogP contribution in [0.3, 0.4) is 0 Å². The molecule has 1 amide bonds. The highest BCUT2D eigenvalue weighted by atomic mass is 16.5.